The molecule has 36 heavy (non-hydrogen) atoms. The lowest BCUT2D eigenvalue weighted by atomic mass is 10.1. The van der Waals surface area contributed by atoms with Crippen LogP contribution in [0.4, 0.5) is 0 Å². The summed E-state index contributed by atoms with van der Waals surface area (Å²) in [7, 11) is 0. The van der Waals surface area contributed by atoms with E-state index < -0.39 is 12.1 Å². The second-order valence-electron chi connectivity index (χ2n) is 8.10. The molecule has 202 valence electrons. The molecule has 0 heterocycles. The normalized spacial score (nSPS) is 11.6. The van der Waals surface area contributed by atoms with Crippen molar-refractivity contribution in [3.05, 3.63) is 63.1 Å². The van der Waals surface area contributed by atoms with Gasteiger partial charge in [-0.2, -0.15) is 0 Å². The van der Waals surface area contributed by atoms with Crippen LogP contribution in [0.1, 0.15) is 55.4 Å². The lowest BCUT2D eigenvalue weighted by Gasteiger charge is -2.14. The standard InChI is InChI=1S/C24H33Cl2NO5.C2H4O2/c25-21-6-7-22(26)20(14-21)17-32-12-11-31-10-4-2-1-3-9-27-15-24(30)18-5-8-23(29)19(13-18)16-28;1-2(3)4/h5-8,13-14,24,27-30H,1-4,9-12,15-17H2;1H3,(H,3,4)/t24-;/m0./s1. The monoisotopic (exact) mass is 545 g/mol. The number of carboxylic acids is 1. The number of ether oxygens (including phenoxy) is 2. The Kier molecular flexibility index (Phi) is 17.2. The van der Waals surface area contributed by atoms with Gasteiger partial charge < -0.3 is 35.2 Å². The molecule has 0 amide bonds. The molecule has 0 saturated heterocycles. The van der Waals surface area contributed by atoms with Gasteiger partial charge >= 0.3 is 0 Å². The predicted molar refractivity (Wildman–Crippen MR) is 141 cm³/mol. The minimum absolute atomic E-state index is 0.0374. The summed E-state index contributed by atoms with van der Waals surface area (Å²) >= 11 is 12.0. The van der Waals surface area contributed by atoms with Crippen molar-refractivity contribution >= 4 is 29.2 Å². The Balaban J connectivity index is 0.00000150. The molecule has 5 N–H and O–H groups in total. The topological polar surface area (TPSA) is 128 Å². The summed E-state index contributed by atoms with van der Waals surface area (Å²) < 4.78 is 11.2. The smallest absolute Gasteiger partial charge is 0.300 e. The molecule has 2 aromatic carbocycles. The molecule has 2 rings (SSSR count). The van der Waals surface area contributed by atoms with Crippen LogP contribution in [0, 0.1) is 0 Å². The number of hydrogen-bond acceptors (Lipinski definition) is 7. The first kappa shape index (κ1) is 32.1. The summed E-state index contributed by atoms with van der Waals surface area (Å²) in [5.74, 6) is -0.796. The van der Waals surface area contributed by atoms with Crippen molar-refractivity contribution in [2.45, 2.75) is 51.9 Å². The van der Waals surface area contributed by atoms with Gasteiger partial charge in [0.15, 0.2) is 0 Å². The van der Waals surface area contributed by atoms with Gasteiger partial charge in [0.1, 0.15) is 5.75 Å². The van der Waals surface area contributed by atoms with Gasteiger partial charge in [-0.15, -0.1) is 0 Å². The number of phenols is 1. The Morgan fingerprint density at radius 1 is 0.972 bits per heavy atom. The van der Waals surface area contributed by atoms with Crippen LogP contribution in [0.3, 0.4) is 0 Å². The van der Waals surface area contributed by atoms with Crippen molar-refractivity contribution in [2.75, 3.05) is 32.9 Å². The van der Waals surface area contributed by atoms with E-state index in [2.05, 4.69) is 5.32 Å². The van der Waals surface area contributed by atoms with Gasteiger partial charge in [-0.25, -0.2) is 0 Å². The molecule has 0 aliphatic heterocycles. The lowest BCUT2D eigenvalue weighted by Crippen LogP contribution is -2.22. The maximum atomic E-state index is 10.2. The summed E-state index contributed by atoms with van der Waals surface area (Å²) in [6, 6.07) is 10.1. The molecule has 0 saturated carbocycles. The van der Waals surface area contributed by atoms with E-state index in [1.165, 1.54) is 6.07 Å². The summed E-state index contributed by atoms with van der Waals surface area (Å²) in [4.78, 5) is 9.00. The lowest BCUT2D eigenvalue weighted by molar-refractivity contribution is -0.134. The average molecular weight is 546 g/mol. The molecule has 8 nitrogen and oxygen atoms in total. The van der Waals surface area contributed by atoms with Crippen LogP contribution in [0.15, 0.2) is 36.4 Å². The Hall–Kier alpha value is -1.91. The maximum Gasteiger partial charge on any atom is 0.300 e. The molecule has 0 aliphatic carbocycles. The first-order chi connectivity index (χ1) is 17.2. The number of aromatic hydroxyl groups is 1. The molecular weight excluding hydrogens is 509 g/mol. The molecule has 0 spiro atoms. The van der Waals surface area contributed by atoms with Crippen LogP contribution in [0.25, 0.3) is 0 Å². The van der Waals surface area contributed by atoms with Crippen molar-refractivity contribution < 1.29 is 34.7 Å². The quantitative estimate of drug-likeness (QED) is 0.192. The molecule has 0 unspecified atom stereocenters. The fraction of sp³-hybridized carbons (Fsp3) is 0.500. The van der Waals surface area contributed by atoms with Crippen LogP contribution in [0.2, 0.25) is 10.0 Å². The fourth-order valence-electron chi connectivity index (χ4n) is 3.16. The zero-order chi connectivity index (χ0) is 26.8. The largest absolute Gasteiger partial charge is 0.508 e. The third kappa shape index (κ3) is 14.6. The summed E-state index contributed by atoms with van der Waals surface area (Å²) in [6.07, 6.45) is 3.52. The van der Waals surface area contributed by atoms with Gasteiger partial charge in [-0.3, -0.25) is 4.79 Å². The second-order valence-corrected chi connectivity index (χ2v) is 8.94. The number of aliphatic carboxylic acids is 1. The van der Waals surface area contributed by atoms with E-state index in [-0.39, 0.29) is 12.4 Å². The van der Waals surface area contributed by atoms with Gasteiger partial charge in [-0.1, -0.05) is 42.1 Å². The summed E-state index contributed by atoms with van der Waals surface area (Å²) in [6.45, 7) is 4.26. The van der Waals surface area contributed by atoms with Crippen LogP contribution >= 0.6 is 23.2 Å². The number of rotatable bonds is 16. The van der Waals surface area contributed by atoms with Crippen molar-refractivity contribution in [1.82, 2.24) is 5.32 Å². The van der Waals surface area contributed by atoms with Gasteiger partial charge in [0.25, 0.3) is 5.97 Å². The van der Waals surface area contributed by atoms with E-state index in [1.54, 1.807) is 30.3 Å². The highest BCUT2D eigenvalue weighted by Gasteiger charge is 2.10. The highest BCUT2D eigenvalue weighted by molar-refractivity contribution is 6.33. The second kappa shape index (κ2) is 19.2. The molecule has 0 aromatic heterocycles. The first-order valence-corrected chi connectivity index (χ1v) is 12.6. The SMILES string of the molecule is CC(=O)O.OCc1cc([C@@H](O)CNCCCCCCOCCOCc2cc(Cl)ccc2Cl)ccc1O. The predicted octanol–water partition coefficient (Wildman–Crippen LogP) is 4.70. The zero-order valence-corrected chi connectivity index (χ0v) is 22.1. The van der Waals surface area contributed by atoms with Crippen molar-refractivity contribution in [2.24, 2.45) is 0 Å². The van der Waals surface area contributed by atoms with E-state index in [0.29, 0.717) is 54.1 Å². The van der Waals surface area contributed by atoms with Crippen LogP contribution in [-0.4, -0.2) is 59.3 Å². The summed E-state index contributed by atoms with van der Waals surface area (Å²) in [5.41, 5.74) is 1.97. The fourth-order valence-corrected chi connectivity index (χ4v) is 3.53. The molecule has 0 aliphatic rings. The number of benzene rings is 2. The van der Waals surface area contributed by atoms with E-state index in [1.807, 2.05) is 0 Å². The Morgan fingerprint density at radius 3 is 2.39 bits per heavy atom. The Bertz CT molecular complexity index is 895. The number of carbonyl (C=O) groups is 1. The van der Waals surface area contributed by atoms with E-state index >= 15 is 0 Å². The van der Waals surface area contributed by atoms with Crippen LogP contribution in [0.5, 0.6) is 5.75 Å². The van der Waals surface area contributed by atoms with Gasteiger partial charge in [0, 0.05) is 35.7 Å². The average Bonchev–Trinajstić information content (AvgIpc) is 2.83. The minimum Gasteiger partial charge on any atom is -0.508 e. The highest BCUT2D eigenvalue weighted by Crippen LogP contribution is 2.22. The molecular formula is C26H37Cl2NO7. The molecule has 0 fully saturated rings. The van der Waals surface area contributed by atoms with E-state index in [0.717, 1.165) is 44.7 Å². The molecule has 2 aromatic rings. The van der Waals surface area contributed by atoms with Crippen LogP contribution < -0.4 is 5.32 Å². The number of unbranched alkanes of at least 4 members (excludes halogenated alkanes) is 3. The first-order valence-electron chi connectivity index (χ1n) is 11.8. The third-order valence-electron chi connectivity index (χ3n) is 5.03. The zero-order valence-electron chi connectivity index (χ0n) is 20.6. The van der Waals surface area contributed by atoms with Gasteiger partial charge in [0.05, 0.1) is 32.5 Å². The molecule has 0 bridgehead atoms. The van der Waals surface area contributed by atoms with Crippen molar-refractivity contribution in [1.29, 1.82) is 0 Å². The van der Waals surface area contributed by atoms with E-state index in [9.17, 15) is 15.3 Å². The van der Waals surface area contributed by atoms with E-state index in [4.69, 9.17) is 42.6 Å². The highest BCUT2D eigenvalue weighted by atomic mass is 35.5. The molecule has 0 radical (unpaired) electrons. The van der Waals surface area contributed by atoms with Crippen molar-refractivity contribution in [3.63, 3.8) is 0 Å². The molecule has 10 heteroatoms. The van der Waals surface area contributed by atoms with Crippen molar-refractivity contribution in [3.8, 4) is 5.75 Å². The summed E-state index contributed by atoms with van der Waals surface area (Å²) in [5, 5.41) is 40.9. The number of halogens is 2. The Morgan fingerprint density at radius 2 is 1.67 bits per heavy atom. The maximum absolute atomic E-state index is 10.2. The number of hydrogen-bond donors (Lipinski definition) is 5. The van der Waals surface area contributed by atoms with Gasteiger partial charge in [-0.05, 0) is 60.8 Å². The Labute approximate surface area is 222 Å². The number of carboxylic acid groups (broad SMARTS) is 1. The van der Waals surface area contributed by atoms with Crippen LogP contribution in [-0.2, 0) is 27.5 Å². The van der Waals surface area contributed by atoms with Gasteiger partial charge in [0.2, 0.25) is 0 Å². The number of aliphatic hydroxyl groups is 2. The third-order valence-corrected chi connectivity index (χ3v) is 5.63. The minimum atomic E-state index is -0.833. The number of nitrogens with one attached hydrogen (secondary N) is 1. The number of aliphatic hydroxyl groups excluding tert-OH is 2. The molecule has 1 atom stereocenters.